The summed E-state index contributed by atoms with van der Waals surface area (Å²) in [6, 6.07) is 10.4. The van der Waals surface area contributed by atoms with Crippen molar-refractivity contribution in [2.75, 3.05) is 10.6 Å². The number of para-hydroxylation sites is 1. The van der Waals surface area contributed by atoms with Gasteiger partial charge in [-0.1, -0.05) is 6.07 Å². The highest BCUT2D eigenvalue weighted by atomic mass is 16.5. The van der Waals surface area contributed by atoms with Crippen molar-refractivity contribution in [3.8, 4) is 5.75 Å². The zero-order valence-electron chi connectivity index (χ0n) is 12.8. The molecule has 3 aromatic rings. The van der Waals surface area contributed by atoms with Crippen molar-refractivity contribution in [3.63, 3.8) is 0 Å². The molecule has 0 bridgehead atoms. The molecular formula is C17H14N4O3. The Balaban J connectivity index is 1.64. The van der Waals surface area contributed by atoms with Crippen LogP contribution in [-0.4, -0.2) is 27.9 Å². The van der Waals surface area contributed by atoms with Crippen LogP contribution < -0.4 is 15.4 Å². The molecule has 3 N–H and O–H groups in total. The van der Waals surface area contributed by atoms with E-state index in [1.54, 1.807) is 49.6 Å². The van der Waals surface area contributed by atoms with Gasteiger partial charge in [-0.3, -0.25) is 9.59 Å². The number of benzene rings is 2. The molecule has 120 valence electrons. The highest BCUT2D eigenvalue weighted by Gasteiger charge is 2.26. The van der Waals surface area contributed by atoms with E-state index in [-0.39, 0.29) is 11.8 Å². The Morgan fingerprint density at radius 2 is 2.17 bits per heavy atom. The van der Waals surface area contributed by atoms with Crippen molar-refractivity contribution in [3.05, 3.63) is 48.3 Å². The van der Waals surface area contributed by atoms with E-state index < -0.39 is 6.10 Å². The van der Waals surface area contributed by atoms with Crippen LogP contribution in [0.2, 0.25) is 0 Å². The molecule has 0 saturated carbocycles. The number of ether oxygens (including phenoxy) is 1. The minimum absolute atomic E-state index is 0.247. The largest absolute Gasteiger partial charge is 0.479 e. The summed E-state index contributed by atoms with van der Waals surface area (Å²) >= 11 is 0. The van der Waals surface area contributed by atoms with Crippen LogP contribution in [0.3, 0.4) is 0 Å². The third kappa shape index (κ3) is 2.36. The third-order valence-corrected chi connectivity index (χ3v) is 3.88. The van der Waals surface area contributed by atoms with Crippen LogP contribution in [0.5, 0.6) is 5.75 Å². The Hall–Kier alpha value is -3.35. The molecule has 0 spiro atoms. The van der Waals surface area contributed by atoms with E-state index in [4.69, 9.17) is 4.74 Å². The fourth-order valence-electron chi connectivity index (χ4n) is 2.60. The fraction of sp³-hybridized carbons (Fsp3) is 0.118. The first kappa shape index (κ1) is 14.3. The predicted molar refractivity (Wildman–Crippen MR) is 89.2 cm³/mol. The first-order chi connectivity index (χ1) is 11.6. The summed E-state index contributed by atoms with van der Waals surface area (Å²) in [5, 5.41) is 5.58. The number of H-pyrrole nitrogens is 1. The number of anilines is 2. The van der Waals surface area contributed by atoms with E-state index in [0.29, 0.717) is 22.7 Å². The van der Waals surface area contributed by atoms with Gasteiger partial charge in [-0.25, -0.2) is 4.98 Å². The first-order valence-electron chi connectivity index (χ1n) is 7.47. The maximum absolute atomic E-state index is 12.5. The molecule has 2 amide bonds. The van der Waals surface area contributed by atoms with Crippen LogP contribution in [0, 0.1) is 0 Å². The van der Waals surface area contributed by atoms with Crippen LogP contribution in [0.4, 0.5) is 11.4 Å². The molecule has 0 fully saturated rings. The smallest absolute Gasteiger partial charge is 0.265 e. The van der Waals surface area contributed by atoms with Crippen LogP contribution in [-0.2, 0) is 4.79 Å². The SMILES string of the molecule is CC1Oc2cccc(NC(=O)c3ccc4nc[nH]c4c3)c2NC1=O. The molecule has 1 unspecified atom stereocenters. The van der Waals surface area contributed by atoms with E-state index >= 15 is 0 Å². The molecule has 7 heteroatoms. The summed E-state index contributed by atoms with van der Waals surface area (Å²) in [6.45, 7) is 1.67. The Morgan fingerprint density at radius 1 is 1.29 bits per heavy atom. The van der Waals surface area contributed by atoms with Gasteiger partial charge < -0.3 is 20.4 Å². The lowest BCUT2D eigenvalue weighted by atomic mass is 10.1. The Bertz CT molecular complexity index is 963. The molecule has 1 aromatic heterocycles. The zero-order chi connectivity index (χ0) is 16.7. The van der Waals surface area contributed by atoms with Crippen molar-refractivity contribution in [2.45, 2.75) is 13.0 Å². The molecule has 24 heavy (non-hydrogen) atoms. The van der Waals surface area contributed by atoms with Crippen molar-refractivity contribution in [2.24, 2.45) is 0 Å². The second-order valence-electron chi connectivity index (χ2n) is 5.52. The maximum Gasteiger partial charge on any atom is 0.265 e. The van der Waals surface area contributed by atoms with Crippen molar-refractivity contribution in [1.82, 2.24) is 9.97 Å². The summed E-state index contributed by atoms with van der Waals surface area (Å²) in [5.41, 5.74) is 3.02. The van der Waals surface area contributed by atoms with Gasteiger partial charge in [0.2, 0.25) is 0 Å². The quantitative estimate of drug-likeness (QED) is 0.675. The standard InChI is InChI=1S/C17H14N4O3/c1-9-16(22)21-15-12(3-2-4-14(15)24-9)20-17(23)10-5-6-11-13(7-10)19-8-18-11/h2-9H,1H3,(H,18,19)(H,20,23)(H,21,22). The number of rotatable bonds is 2. The van der Waals surface area contributed by atoms with E-state index in [0.717, 1.165) is 11.0 Å². The molecule has 2 aromatic carbocycles. The molecule has 0 saturated heterocycles. The van der Waals surface area contributed by atoms with E-state index in [1.807, 2.05) is 0 Å². The Morgan fingerprint density at radius 3 is 3.04 bits per heavy atom. The minimum atomic E-state index is -0.564. The normalized spacial score (nSPS) is 16.2. The number of carbonyl (C=O) groups is 2. The van der Waals surface area contributed by atoms with Gasteiger partial charge >= 0.3 is 0 Å². The number of nitrogens with zero attached hydrogens (tertiary/aromatic N) is 1. The Kier molecular flexibility index (Phi) is 3.19. The number of aromatic nitrogens is 2. The second kappa shape index (κ2) is 5.38. The summed E-state index contributed by atoms with van der Waals surface area (Å²) < 4.78 is 5.54. The number of fused-ring (bicyclic) bond motifs is 2. The molecule has 1 aliphatic heterocycles. The number of amides is 2. The average molecular weight is 322 g/mol. The lowest BCUT2D eigenvalue weighted by molar-refractivity contribution is -0.122. The van der Waals surface area contributed by atoms with Gasteiger partial charge in [0.1, 0.15) is 11.4 Å². The molecule has 2 heterocycles. The minimum Gasteiger partial charge on any atom is -0.479 e. The number of carbonyl (C=O) groups excluding carboxylic acids is 2. The van der Waals surface area contributed by atoms with E-state index in [9.17, 15) is 9.59 Å². The first-order valence-corrected chi connectivity index (χ1v) is 7.47. The molecule has 7 nitrogen and oxygen atoms in total. The summed E-state index contributed by atoms with van der Waals surface area (Å²) in [7, 11) is 0. The molecule has 0 radical (unpaired) electrons. The fourth-order valence-corrected chi connectivity index (χ4v) is 2.60. The molecule has 4 rings (SSSR count). The third-order valence-electron chi connectivity index (χ3n) is 3.88. The number of hydrogen-bond acceptors (Lipinski definition) is 4. The maximum atomic E-state index is 12.5. The lowest BCUT2D eigenvalue weighted by Gasteiger charge is -2.25. The summed E-state index contributed by atoms with van der Waals surface area (Å²) in [4.78, 5) is 31.4. The second-order valence-corrected chi connectivity index (χ2v) is 5.52. The van der Waals surface area contributed by atoms with Crippen molar-refractivity contribution < 1.29 is 14.3 Å². The zero-order valence-corrected chi connectivity index (χ0v) is 12.8. The number of aromatic amines is 1. The number of nitrogens with one attached hydrogen (secondary N) is 3. The number of hydrogen-bond donors (Lipinski definition) is 3. The highest BCUT2D eigenvalue weighted by Crippen LogP contribution is 2.36. The summed E-state index contributed by atoms with van der Waals surface area (Å²) in [6.07, 6.45) is 1.01. The predicted octanol–water partition coefficient (Wildman–Crippen LogP) is 2.53. The highest BCUT2D eigenvalue weighted by molar-refractivity contribution is 6.10. The van der Waals surface area contributed by atoms with Crippen LogP contribution in [0.1, 0.15) is 17.3 Å². The van der Waals surface area contributed by atoms with Crippen molar-refractivity contribution in [1.29, 1.82) is 0 Å². The molecule has 1 aliphatic rings. The van der Waals surface area contributed by atoms with Crippen LogP contribution in [0.25, 0.3) is 11.0 Å². The monoisotopic (exact) mass is 322 g/mol. The molecule has 1 atom stereocenters. The van der Waals surface area contributed by atoms with Crippen molar-refractivity contribution >= 4 is 34.2 Å². The topological polar surface area (TPSA) is 96.1 Å². The van der Waals surface area contributed by atoms with Crippen LogP contribution in [0.15, 0.2) is 42.7 Å². The van der Waals surface area contributed by atoms with Gasteiger partial charge in [0, 0.05) is 5.56 Å². The average Bonchev–Trinajstić information content (AvgIpc) is 3.04. The van der Waals surface area contributed by atoms with E-state index in [2.05, 4.69) is 20.6 Å². The lowest BCUT2D eigenvalue weighted by Crippen LogP contribution is -2.34. The molecule has 0 aliphatic carbocycles. The number of imidazole rings is 1. The van der Waals surface area contributed by atoms with Gasteiger partial charge in [0.15, 0.2) is 6.10 Å². The van der Waals surface area contributed by atoms with E-state index in [1.165, 1.54) is 0 Å². The molecular weight excluding hydrogens is 308 g/mol. The van der Waals surface area contributed by atoms with Crippen LogP contribution >= 0.6 is 0 Å². The van der Waals surface area contributed by atoms with Gasteiger partial charge in [-0.05, 0) is 37.3 Å². The Labute approximate surface area is 137 Å². The summed E-state index contributed by atoms with van der Waals surface area (Å²) in [5.74, 6) is -0.000213. The van der Waals surface area contributed by atoms with Gasteiger partial charge in [0.05, 0.1) is 23.0 Å². The van der Waals surface area contributed by atoms with Gasteiger partial charge in [-0.2, -0.15) is 0 Å². The van der Waals surface area contributed by atoms with Gasteiger partial charge in [-0.15, -0.1) is 0 Å². The van der Waals surface area contributed by atoms with Gasteiger partial charge in [0.25, 0.3) is 11.8 Å².